The Bertz CT molecular complexity index is 361. The molecule has 3 nitrogen and oxygen atoms in total. The maximum atomic E-state index is 4.32. The Morgan fingerprint density at radius 3 is 3.12 bits per heavy atom. The van der Waals surface area contributed by atoms with Crippen molar-refractivity contribution >= 4 is 6.08 Å². The molecule has 0 saturated heterocycles. The van der Waals surface area contributed by atoms with Gasteiger partial charge in [0, 0.05) is 25.3 Å². The van der Waals surface area contributed by atoms with Crippen LogP contribution in [0.5, 0.6) is 0 Å². The summed E-state index contributed by atoms with van der Waals surface area (Å²) in [6, 6.07) is 2.86. The monoisotopic (exact) mass is 219 g/mol. The highest BCUT2D eigenvalue weighted by molar-refractivity contribution is 5.48. The summed E-state index contributed by atoms with van der Waals surface area (Å²) in [6.45, 7) is 6.36. The summed E-state index contributed by atoms with van der Waals surface area (Å²) in [5, 5.41) is 7.84. The van der Waals surface area contributed by atoms with Crippen LogP contribution in [0, 0.1) is 0 Å². The number of aryl methyl sites for hydroxylation is 1. The molecule has 3 heteroatoms. The Morgan fingerprint density at radius 1 is 1.62 bits per heavy atom. The number of nitrogens with zero attached hydrogens (tertiary/aromatic N) is 2. The second kappa shape index (κ2) is 5.30. The van der Waals surface area contributed by atoms with Crippen LogP contribution in [-0.2, 0) is 6.54 Å². The van der Waals surface area contributed by atoms with Gasteiger partial charge < -0.3 is 5.32 Å². The normalized spacial score (nSPS) is 16.8. The smallest absolute Gasteiger partial charge is 0.0609 e. The van der Waals surface area contributed by atoms with Gasteiger partial charge in [-0.15, -0.1) is 0 Å². The van der Waals surface area contributed by atoms with Crippen molar-refractivity contribution in [1.29, 1.82) is 0 Å². The van der Waals surface area contributed by atoms with Crippen molar-refractivity contribution in [3.8, 4) is 0 Å². The van der Waals surface area contributed by atoms with Gasteiger partial charge in [0.2, 0.25) is 0 Å². The van der Waals surface area contributed by atoms with Gasteiger partial charge in [-0.05, 0) is 38.3 Å². The Hall–Kier alpha value is -1.09. The van der Waals surface area contributed by atoms with Crippen molar-refractivity contribution in [1.82, 2.24) is 15.1 Å². The fourth-order valence-electron chi connectivity index (χ4n) is 1.76. The highest BCUT2D eigenvalue weighted by Gasteiger charge is 2.19. The fourth-order valence-corrected chi connectivity index (χ4v) is 1.76. The first-order valence-corrected chi connectivity index (χ1v) is 6.22. The summed E-state index contributed by atoms with van der Waals surface area (Å²) in [6.07, 6.45) is 7.94. The lowest BCUT2D eigenvalue weighted by molar-refractivity contribution is 0.597. The van der Waals surface area contributed by atoms with Crippen LogP contribution < -0.4 is 5.32 Å². The van der Waals surface area contributed by atoms with Crippen molar-refractivity contribution in [3.05, 3.63) is 23.5 Å². The molecule has 0 amide bonds. The molecule has 0 atom stereocenters. The molecule has 0 aromatic carbocycles. The minimum absolute atomic E-state index is 0.781. The highest BCUT2D eigenvalue weighted by atomic mass is 15.3. The van der Waals surface area contributed by atoms with Crippen molar-refractivity contribution < 1.29 is 0 Å². The first-order valence-electron chi connectivity index (χ1n) is 6.22. The van der Waals surface area contributed by atoms with Crippen LogP contribution in [0.3, 0.4) is 0 Å². The summed E-state index contributed by atoms with van der Waals surface area (Å²) in [4.78, 5) is 0. The molecular weight excluding hydrogens is 198 g/mol. The molecule has 88 valence electrons. The molecule has 0 aliphatic heterocycles. The van der Waals surface area contributed by atoms with E-state index in [1.807, 2.05) is 6.20 Å². The third-order valence-electron chi connectivity index (χ3n) is 2.83. The van der Waals surface area contributed by atoms with Gasteiger partial charge in [0.1, 0.15) is 0 Å². The van der Waals surface area contributed by atoms with Gasteiger partial charge in [0.05, 0.1) is 5.69 Å². The van der Waals surface area contributed by atoms with Gasteiger partial charge in [-0.1, -0.05) is 12.5 Å². The average Bonchev–Trinajstić information content (AvgIpc) is 3.00. The first kappa shape index (κ1) is 11.4. The number of nitrogens with one attached hydrogen (secondary N) is 1. The van der Waals surface area contributed by atoms with Gasteiger partial charge >= 0.3 is 0 Å². The van der Waals surface area contributed by atoms with E-state index in [0.29, 0.717) is 0 Å². The maximum Gasteiger partial charge on any atom is 0.0609 e. The zero-order chi connectivity index (χ0) is 11.4. The summed E-state index contributed by atoms with van der Waals surface area (Å²) >= 11 is 0. The molecule has 1 aliphatic rings. The van der Waals surface area contributed by atoms with Crippen LogP contribution in [0.2, 0.25) is 0 Å². The van der Waals surface area contributed by atoms with Gasteiger partial charge in [-0.2, -0.15) is 5.10 Å². The molecule has 1 saturated carbocycles. The van der Waals surface area contributed by atoms with Crippen molar-refractivity contribution in [2.45, 2.75) is 45.7 Å². The van der Waals surface area contributed by atoms with E-state index in [1.165, 1.54) is 24.1 Å². The van der Waals surface area contributed by atoms with Crippen LogP contribution in [0.1, 0.15) is 38.8 Å². The molecular formula is C13H21N3. The number of aromatic nitrogens is 2. The third-order valence-corrected chi connectivity index (χ3v) is 2.83. The summed E-state index contributed by atoms with van der Waals surface area (Å²) in [7, 11) is 0. The number of rotatable bonds is 6. The SMILES string of the molecule is CCCn1nccc1/C=C(/C)CNC1CC1. The van der Waals surface area contributed by atoms with Crippen LogP contribution in [-0.4, -0.2) is 22.4 Å². The standard InChI is InChI=1S/C13H21N3/c1-3-8-16-13(6-7-15-16)9-11(2)10-14-12-4-5-12/h6-7,9,12,14H,3-5,8,10H2,1-2H3/b11-9-. The van der Waals surface area contributed by atoms with Gasteiger partial charge in [0.25, 0.3) is 0 Å². The topological polar surface area (TPSA) is 29.9 Å². The molecule has 0 unspecified atom stereocenters. The summed E-state index contributed by atoms with van der Waals surface area (Å²) < 4.78 is 2.07. The average molecular weight is 219 g/mol. The van der Waals surface area contributed by atoms with E-state index < -0.39 is 0 Å². The Balaban J connectivity index is 1.93. The molecule has 1 aliphatic carbocycles. The minimum atomic E-state index is 0.781. The quantitative estimate of drug-likeness (QED) is 0.796. The van der Waals surface area contributed by atoms with Gasteiger partial charge in [-0.25, -0.2) is 0 Å². The zero-order valence-corrected chi connectivity index (χ0v) is 10.2. The van der Waals surface area contributed by atoms with Crippen molar-refractivity contribution in [2.24, 2.45) is 0 Å². The lowest BCUT2D eigenvalue weighted by Crippen LogP contribution is -2.18. The van der Waals surface area contributed by atoms with Crippen LogP contribution in [0.25, 0.3) is 6.08 Å². The molecule has 1 aromatic heterocycles. The molecule has 2 rings (SSSR count). The van der Waals surface area contributed by atoms with E-state index in [0.717, 1.165) is 25.6 Å². The molecule has 1 N–H and O–H groups in total. The Labute approximate surface area is 97.5 Å². The van der Waals surface area contributed by atoms with Gasteiger partial charge in [0.15, 0.2) is 0 Å². The van der Waals surface area contributed by atoms with E-state index in [9.17, 15) is 0 Å². The van der Waals surface area contributed by atoms with Crippen molar-refractivity contribution in [2.75, 3.05) is 6.54 Å². The Kier molecular flexibility index (Phi) is 3.78. The van der Waals surface area contributed by atoms with Crippen LogP contribution in [0.15, 0.2) is 17.8 Å². The lowest BCUT2D eigenvalue weighted by atomic mass is 10.2. The summed E-state index contributed by atoms with van der Waals surface area (Å²) in [5.74, 6) is 0. The lowest BCUT2D eigenvalue weighted by Gasteiger charge is -2.05. The predicted molar refractivity (Wildman–Crippen MR) is 67.2 cm³/mol. The largest absolute Gasteiger partial charge is 0.310 e. The second-order valence-corrected chi connectivity index (χ2v) is 4.63. The second-order valence-electron chi connectivity index (χ2n) is 4.63. The fraction of sp³-hybridized carbons (Fsp3) is 0.615. The van der Waals surface area contributed by atoms with Crippen LogP contribution >= 0.6 is 0 Å². The van der Waals surface area contributed by atoms with E-state index in [-0.39, 0.29) is 0 Å². The summed E-state index contributed by atoms with van der Waals surface area (Å²) in [5.41, 5.74) is 2.60. The van der Waals surface area contributed by atoms with E-state index in [2.05, 4.69) is 41.1 Å². The predicted octanol–water partition coefficient (Wildman–Crippen LogP) is 2.45. The molecule has 1 heterocycles. The Morgan fingerprint density at radius 2 is 2.44 bits per heavy atom. The maximum absolute atomic E-state index is 4.32. The molecule has 0 bridgehead atoms. The molecule has 0 spiro atoms. The molecule has 0 radical (unpaired) electrons. The van der Waals surface area contributed by atoms with E-state index in [1.54, 1.807) is 0 Å². The number of hydrogen-bond donors (Lipinski definition) is 1. The van der Waals surface area contributed by atoms with E-state index in [4.69, 9.17) is 0 Å². The zero-order valence-electron chi connectivity index (χ0n) is 10.2. The highest BCUT2D eigenvalue weighted by Crippen LogP contribution is 2.18. The van der Waals surface area contributed by atoms with Crippen LogP contribution in [0.4, 0.5) is 0 Å². The molecule has 1 fully saturated rings. The molecule has 16 heavy (non-hydrogen) atoms. The van der Waals surface area contributed by atoms with E-state index >= 15 is 0 Å². The minimum Gasteiger partial charge on any atom is -0.310 e. The first-order chi connectivity index (χ1) is 7.79. The van der Waals surface area contributed by atoms with Crippen molar-refractivity contribution in [3.63, 3.8) is 0 Å². The molecule has 1 aromatic rings. The van der Waals surface area contributed by atoms with Gasteiger partial charge in [-0.3, -0.25) is 4.68 Å². The third kappa shape index (κ3) is 3.20. The number of hydrogen-bond acceptors (Lipinski definition) is 2.